The monoisotopic (exact) mass is 412 g/mol. The third kappa shape index (κ3) is 5.45. The SMILES string of the molecule is C=CCn1c(SCC(=O)NCc2cccc(OC)c2)nnc1-c1ccc(F)cc1. The van der Waals surface area contributed by atoms with Crippen LogP contribution in [0.5, 0.6) is 5.75 Å². The molecule has 0 bridgehead atoms. The van der Waals surface area contributed by atoms with Crippen molar-refractivity contribution in [3.63, 3.8) is 0 Å². The van der Waals surface area contributed by atoms with Crippen LogP contribution in [-0.2, 0) is 17.9 Å². The van der Waals surface area contributed by atoms with Crippen LogP contribution in [0.2, 0.25) is 0 Å². The molecule has 1 aromatic heterocycles. The Hall–Kier alpha value is -3.13. The Morgan fingerprint density at radius 2 is 2.07 bits per heavy atom. The number of allylic oxidation sites excluding steroid dienone is 1. The van der Waals surface area contributed by atoms with E-state index in [0.717, 1.165) is 16.9 Å². The van der Waals surface area contributed by atoms with Crippen molar-refractivity contribution in [1.29, 1.82) is 0 Å². The zero-order chi connectivity index (χ0) is 20.6. The summed E-state index contributed by atoms with van der Waals surface area (Å²) in [6, 6.07) is 13.6. The van der Waals surface area contributed by atoms with Crippen molar-refractivity contribution in [2.45, 2.75) is 18.2 Å². The first-order chi connectivity index (χ1) is 14.1. The summed E-state index contributed by atoms with van der Waals surface area (Å²) < 4.78 is 20.2. The highest BCUT2D eigenvalue weighted by Gasteiger charge is 2.15. The smallest absolute Gasteiger partial charge is 0.230 e. The number of hydrogen-bond acceptors (Lipinski definition) is 5. The molecular weight excluding hydrogens is 391 g/mol. The van der Waals surface area contributed by atoms with Gasteiger partial charge >= 0.3 is 0 Å². The summed E-state index contributed by atoms with van der Waals surface area (Å²) in [5.74, 6) is 1.11. The highest BCUT2D eigenvalue weighted by Crippen LogP contribution is 2.24. The van der Waals surface area contributed by atoms with E-state index < -0.39 is 0 Å². The fourth-order valence-electron chi connectivity index (χ4n) is 2.67. The molecule has 8 heteroatoms. The average Bonchev–Trinajstić information content (AvgIpc) is 3.14. The van der Waals surface area contributed by atoms with Gasteiger partial charge in [0.2, 0.25) is 5.91 Å². The van der Waals surface area contributed by atoms with Crippen LogP contribution in [0.25, 0.3) is 11.4 Å². The fourth-order valence-corrected chi connectivity index (χ4v) is 3.44. The van der Waals surface area contributed by atoms with Gasteiger partial charge in [0.1, 0.15) is 11.6 Å². The van der Waals surface area contributed by atoms with Gasteiger partial charge in [-0.3, -0.25) is 9.36 Å². The topological polar surface area (TPSA) is 69.0 Å². The minimum absolute atomic E-state index is 0.116. The molecule has 0 aliphatic carbocycles. The number of hydrogen-bond donors (Lipinski definition) is 1. The van der Waals surface area contributed by atoms with Gasteiger partial charge in [0.15, 0.2) is 11.0 Å². The molecule has 0 unspecified atom stereocenters. The number of carbonyl (C=O) groups excluding carboxylic acids is 1. The lowest BCUT2D eigenvalue weighted by Crippen LogP contribution is -2.24. The van der Waals surface area contributed by atoms with Crippen molar-refractivity contribution in [1.82, 2.24) is 20.1 Å². The van der Waals surface area contributed by atoms with Crippen LogP contribution in [0, 0.1) is 5.82 Å². The van der Waals surface area contributed by atoms with Crippen molar-refractivity contribution in [3.05, 3.63) is 72.6 Å². The van der Waals surface area contributed by atoms with Gasteiger partial charge in [-0.05, 0) is 42.0 Å². The van der Waals surface area contributed by atoms with E-state index in [-0.39, 0.29) is 17.5 Å². The summed E-state index contributed by atoms with van der Waals surface area (Å²) in [4.78, 5) is 12.2. The Bertz CT molecular complexity index is 989. The molecule has 1 heterocycles. The lowest BCUT2D eigenvalue weighted by molar-refractivity contribution is -0.118. The van der Waals surface area contributed by atoms with Gasteiger partial charge in [-0.25, -0.2) is 4.39 Å². The number of nitrogens with one attached hydrogen (secondary N) is 1. The van der Waals surface area contributed by atoms with Crippen LogP contribution in [0.3, 0.4) is 0 Å². The number of ether oxygens (including phenoxy) is 1. The predicted octanol–water partition coefficient (Wildman–Crippen LogP) is 3.69. The number of aromatic nitrogens is 3. The van der Waals surface area contributed by atoms with E-state index in [2.05, 4.69) is 22.1 Å². The molecule has 29 heavy (non-hydrogen) atoms. The summed E-state index contributed by atoms with van der Waals surface area (Å²) in [5, 5.41) is 11.9. The largest absolute Gasteiger partial charge is 0.497 e. The van der Waals surface area contributed by atoms with Gasteiger partial charge in [0, 0.05) is 18.7 Å². The molecule has 1 amide bonds. The van der Waals surface area contributed by atoms with Gasteiger partial charge in [-0.2, -0.15) is 0 Å². The molecule has 0 saturated heterocycles. The molecule has 0 atom stereocenters. The number of amides is 1. The summed E-state index contributed by atoms with van der Waals surface area (Å²) in [7, 11) is 1.61. The zero-order valence-electron chi connectivity index (χ0n) is 16.0. The van der Waals surface area contributed by atoms with Crippen LogP contribution >= 0.6 is 11.8 Å². The zero-order valence-corrected chi connectivity index (χ0v) is 16.8. The number of thioether (sulfide) groups is 1. The summed E-state index contributed by atoms with van der Waals surface area (Å²) >= 11 is 1.29. The molecule has 2 aromatic carbocycles. The van der Waals surface area contributed by atoms with Gasteiger partial charge in [0.05, 0.1) is 12.9 Å². The highest BCUT2D eigenvalue weighted by molar-refractivity contribution is 7.99. The first-order valence-corrected chi connectivity index (χ1v) is 9.91. The Morgan fingerprint density at radius 3 is 2.79 bits per heavy atom. The van der Waals surface area contributed by atoms with Gasteiger partial charge in [0.25, 0.3) is 0 Å². The van der Waals surface area contributed by atoms with Crippen molar-refractivity contribution >= 4 is 17.7 Å². The van der Waals surface area contributed by atoms with E-state index in [1.165, 1.54) is 23.9 Å². The Morgan fingerprint density at radius 1 is 1.28 bits per heavy atom. The van der Waals surface area contributed by atoms with E-state index in [1.807, 2.05) is 28.8 Å². The van der Waals surface area contributed by atoms with Crippen LogP contribution in [0.4, 0.5) is 4.39 Å². The van der Waals surface area contributed by atoms with Crippen LogP contribution < -0.4 is 10.1 Å². The maximum atomic E-state index is 13.2. The van der Waals surface area contributed by atoms with Gasteiger partial charge in [-0.15, -0.1) is 16.8 Å². The van der Waals surface area contributed by atoms with Gasteiger partial charge < -0.3 is 10.1 Å². The summed E-state index contributed by atoms with van der Waals surface area (Å²) in [6.45, 7) is 4.66. The molecule has 1 N–H and O–H groups in total. The van der Waals surface area contributed by atoms with Crippen molar-refractivity contribution in [3.8, 4) is 17.1 Å². The number of halogens is 1. The maximum absolute atomic E-state index is 13.2. The van der Waals surface area contributed by atoms with E-state index >= 15 is 0 Å². The number of rotatable bonds is 9. The highest BCUT2D eigenvalue weighted by atomic mass is 32.2. The molecule has 150 valence electrons. The fraction of sp³-hybridized carbons (Fsp3) is 0.190. The van der Waals surface area contributed by atoms with E-state index in [4.69, 9.17) is 4.74 Å². The third-order valence-electron chi connectivity index (χ3n) is 4.09. The predicted molar refractivity (Wildman–Crippen MR) is 111 cm³/mol. The molecule has 0 aliphatic rings. The van der Waals surface area contributed by atoms with Crippen molar-refractivity contribution in [2.24, 2.45) is 0 Å². The molecule has 0 spiro atoms. The second kappa shape index (κ2) is 9.88. The van der Waals surface area contributed by atoms with E-state index in [1.54, 1.807) is 25.3 Å². The Labute approximate surface area is 172 Å². The summed E-state index contributed by atoms with van der Waals surface area (Å²) in [5.41, 5.74) is 1.70. The van der Waals surface area contributed by atoms with E-state index in [0.29, 0.717) is 24.1 Å². The lowest BCUT2D eigenvalue weighted by atomic mass is 10.2. The van der Waals surface area contributed by atoms with Gasteiger partial charge in [-0.1, -0.05) is 30.0 Å². The number of benzene rings is 2. The quantitative estimate of drug-likeness (QED) is 0.429. The normalized spacial score (nSPS) is 10.6. The van der Waals surface area contributed by atoms with Crippen LogP contribution in [-0.4, -0.2) is 33.5 Å². The first-order valence-electron chi connectivity index (χ1n) is 8.93. The summed E-state index contributed by atoms with van der Waals surface area (Å²) in [6.07, 6.45) is 1.73. The molecular formula is C21H21FN4O2S. The van der Waals surface area contributed by atoms with E-state index in [9.17, 15) is 9.18 Å². The lowest BCUT2D eigenvalue weighted by Gasteiger charge is -2.09. The molecule has 0 aliphatic heterocycles. The first kappa shape index (κ1) is 20.6. The van der Waals surface area contributed by atoms with Crippen molar-refractivity contribution in [2.75, 3.05) is 12.9 Å². The number of carbonyl (C=O) groups is 1. The molecule has 0 fully saturated rings. The molecule has 6 nitrogen and oxygen atoms in total. The Kier molecular flexibility index (Phi) is 7.02. The molecule has 0 radical (unpaired) electrons. The second-order valence-corrected chi connectivity index (χ2v) is 7.07. The third-order valence-corrected chi connectivity index (χ3v) is 5.05. The second-order valence-electron chi connectivity index (χ2n) is 6.13. The maximum Gasteiger partial charge on any atom is 0.230 e. The molecule has 0 saturated carbocycles. The minimum atomic E-state index is -0.314. The Balaban J connectivity index is 1.63. The van der Waals surface area contributed by atoms with Crippen LogP contribution in [0.1, 0.15) is 5.56 Å². The molecule has 3 rings (SSSR count). The van der Waals surface area contributed by atoms with Crippen molar-refractivity contribution < 1.29 is 13.9 Å². The minimum Gasteiger partial charge on any atom is -0.497 e. The standard InChI is InChI=1S/C21H21FN4O2S/c1-3-11-26-20(16-7-9-17(22)10-8-16)24-25-21(26)29-14-19(27)23-13-15-5-4-6-18(12-15)28-2/h3-10,12H,1,11,13-14H2,2H3,(H,23,27). The van der Waals surface area contributed by atoms with Crippen LogP contribution in [0.15, 0.2) is 66.3 Å². The number of nitrogens with zero attached hydrogens (tertiary/aromatic N) is 3. The molecule has 3 aromatic rings. The number of methoxy groups -OCH3 is 1. The average molecular weight is 412 g/mol.